The average molecular weight is 421 g/mol. The predicted octanol–water partition coefficient (Wildman–Crippen LogP) is 4.06. The van der Waals surface area contributed by atoms with Crippen LogP contribution in [0.5, 0.6) is 5.75 Å². The van der Waals surface area contributed by atoms with E-state index in [4.69, 9.17) is 13.9 Å². The molecule has 31 heavy (non-hydrogen) atoms. The van der Waals surface area contributed by atoms with Crippen molar-refractivity contribution in [3.63, 3.8) is 0 Å². The molecule has 7 heteroatoms. The molecule has 0 aliphatic carbocycles. The van der Waals surface area contributed by atoms with Crippen molar-refractivity contribution in [2.24, 2.45) is 0 Å². The van der Waals surface area contributed by atoms with E-state index in [1.54, 1.807) is 24.3 Å². The number of esters is 1. The zero-order valence-electron chi connectivity index (χ0n) is 17.6. The molecule has 160 valence electrons. The van der Waals surface area contributed by atoms with E-state index in [9.17, 15) is 14.4 Å². The van der Waals surface area contributed by atoms with Gasteiger partial charge in [0.15, 0.2) is 6.10 Å². The highest BCUT2D eigenvalue weighted by molar-refractivity contribution is 5.99. The lowest BCUT2D eigenvalue weighted by Crippen LogP contribution is -2.38. The van der Waals surface area contributed by atoms with Gasteiger partial charge < -0.3 is 19.2 Å². The molecule has 4 rings (SSSR count). The number of para-hydroxylation sites is 2. The number of fused-ring (bicyclic) bond motifs is 2. The van der Waals surface area contributed by atoms with Crippen molar-refractivity contribution < 1.29 is 23.5 Å². The molecule has 1 aliphatic heterocycles. The molecule has 1 N–H and O–H groups in total. The monoisotopic (exact) mass is 421 g/mol. The van der Waals surface area contributed by atoms with Crippen LogP contribution in [-0.4, -0.2) is 18.0 Å². The second kappa shape index (κ2) is 8.26. The molecule has 0 saturated heterocycles. The van der Waals surface area contributed by atoms with E-state index in [1.807, 2.05) is 19.1 Å². The zero-order valence-corrected chi connectivity index (χ0v) is 17.6. The Labute approximate surface area is 179 Å². The number of hydrogen-bond donors (Lipinski definition) is 1. The highest BCUT2D eigenvalue weighted by Crippen LogP contribution is 2.30. The highest BCUT2D eigenvalue weighted by atomic mass is 16.5. The van der Waals surface area contributed by atoms with E-state index in [1.165, 1.54) is 6.07 Å². The Hall–Kier alpha value is -3.61. The Morgan fingerprint density at radius 1 is 1.16 bits per heavy atom. The van der Waals surface area contributed by atoms with Crippen molar-refractivity contribution in [1.29, 1.82) is 0 Å². The maximum absolute atomic E-state index is 12.4. The second-order valence-electron chi connectivity index (χ2n) is 7.91. The fourth-order valence-electron chi connectivity index (χ4n) is 3.73. The minimum Gasteiger partial charge on any atom is -0.478 e. The van der Waals surface area contributed by atoms with E-state index in [0.29, 0.717) is 22.6 Å². The molecule has 0 radical (unpaired) electrons. The van der Waals surface area contributed by atoms with E-state index >= 15 is 0 Å². The van der Waals surface area contributed by atoms with Crippen molar-refractivity contribution in [3.05, 3.63) is 69.6 Å². The number of carbonyl (C=O) groups excluding carboxylic acids is 2. The molecule has 7 nitrogen and oxygen atoms in total. The first kappa shape index (κ1) is 20.7. The van der Waals surface area contributed by atoms with E-state index in [0.717, 1.165) is 16.5 Å². The van der Waals surface area contributed by atoms with Gasteiger partial charge in [-0.05, 0) is 48.2 Å². The van der Waals surface area contributed by atoms with Gasteiger partial charge in [0.05, 0.1) is 12.1 Å². The largest absolute Gasteiger partial charge is 0.478 e. The lowest BCUT2D eigenvalue weighted by Gasteiger charge is -2.25. The van der Waals surface area contributed by atoms with Gasteiger partial charge in [-0.3, -0.25) is 9.59 Å². The van der Waals surface area contributed by atoms with E-state index in [-0.39, 0.29) is 18.9 Å². The molecular formula is C24H23NO6. The number of carbonyl (C=O) groups is 2. The van der Waals surface area contributed by atoms with Gasteiger partial charge in [0.1, 0.15) is 17.9 Å². The summed E-state index contributed by atoms with van der Waals surface area (Å²) < 4.78 is 16.3. The molecule has 1 atom stereocenters. The summed E-state index contributed by atoms with van der Waals surface area (Å²) in [6, 6.07) is 12.1. The van der Waals surface area contributed by atoms with Crippen LogP contribution in [0, 0.1) is 6.92 Å². The Balaban J connectivity index is 1.50. The zero-order chi connectivity index (χ0) is 22.1. The minimum absolute atomic E-state index is 0.105. The number of ether oxygens (including phenoxy) is 2. The molecule has 3 aromatic rings. The lowest BCUT2D eigenvalue weighted by molar-refractivity contribution is -0.149. The summed E-state index contributed by atoms with van der Waals surface area (Å²) in [5, 5.41) is 3.44. The molecule has 0 fully saturated rings. The van der Waals surface area contributed by atoms with Crippen LogP contribution in [0.1, 0.15) is 42.9 Å². The normalized spacial score (nSPS) is 15.4. The first-order valence-corrected chi connectivity index (χ1v) is 10.1. The number of amides is 1. The van der Waals surface area contributed by atoms with Gasteiger partial charge in [-0.25, -0.2) is 4.79 Å². The Bertz CT molecular complexity index is 1230. The Morgan fingerprint density at radius 3 is 2.71 bits per heavy atom. The molecule has 1 amide bonds. The van der Waals surface area contributed by atoms with Crippen molar-refractivity contribution in [1.82, 2.24) is 0 Å². The smallest absolute Gasteiger partial charge is 0.336 e. The fraction of sp³-hybridized carbons (Fsp3) is 0.292. The fourth-order valence-corrected chi connectivity index (χ4v) is 3.73. The molecule has 1 aliphatic rings. The molecule has 1 aromatic heterocycles. The maximum Gasteiger partial charge on any atom is 0.336 e. The number of benzene rings is 2. The molecule has 2 heterocycles. The summed E-state index contributed by atoms with van der Waals surface area (Å²) in [7, 11) is 0. The third-order valence-electron chi connectivity index (χ3n) is 5.29. The summed E-state index contributed by atoms with van der Waals surface area (Å²) in [6.07, 6.45) is -1.22. The van der Waals surface area contributed by atoms with Crippen LogP contribution in [0.2, 0.25) is 0 Å². The topological polar surface area (TPSA) is 94.8 Å². The third kappa shape index (κ3) is 4.30. The summed E-state index contributed by atoms with van der Waals surface area (Å²) >= 11 is 0. The summed E-state index contributed by atoms with van der Waals surface area (Å²) in [5.41, 5.74) is 3.21. The summed E-state index contributed by atoms with van der Waals surface area (Å²) in [6.45, 7) is 6.03. The van der Waals surface area contributed by atoms with Gasteiger partial charge in [0.25, 0.3) is 5.91 Å². The van der Waals surface area contributed by atoms with Crippen LogP contribution >= 0.6 is 0 Å². The SMILES string of the molecule is Cc1cc2oc(=O)cc(COC(=O)C[C@H]3Oc4ccccc4NC3=O)c2cc1C(C)C. The number of anilines is 1. The predicted molar refractivity (Wildman–Crippen MR) is 115 cm³/mol. The number of hydrogen-bond acceptors (Lipinski definition) is 6. The quantitative estimate of drug-likeness (QED) is 0.493. The summed E-state index contributed by atoms with van der Waals surface area (Å²) in [4.78, 5) is 36.6. The van der Waals surface area contributed by atoms with Gasteiger partial charge in [-0.1, -0.05) is 26.0 Å². The summed E-state index contributed by atoms with van der Waals surface area (Å²) in [5.74, 6) is -0.213. The standard InChI is InChI=1S/C24H23NO6/c1-13(2)16-10-17-15(9-23(27)31-20(17)8-14(16)3)12-29-22(26)11-21-24(28)25-18-6-4-5-7-19(18)30-21/h4-10,13,21H,11-12H2,1-3H3,(H,25,28)/t21-/m1/s1. The maximum atomic E-state index is 12.4. The molecule has 0 unspecified atom stereocenters. The molecular weight excluding hydrogens is 398 g/mol. The highest BCUT2D eigenvalue weighted by Gasteiger charge is 2.30. The van der Waals surface area contributed by atoms with Crippen LogP contribution in [0.25, 0.3) is 11.0 Å². The van der Waals surface area contributed by atoms with Crippen molar-refractivity contribution in [2.75, 3.05) is 5.32 Å². The van der Waals surface area contributed by atoms with Gasteiger partial charge in [-0.2, -0.15) is 0 Å². The first-order valence-electron chi connectivity index (χ1n) is 10.1. The van der Waals surface area contributed by atoms with Crippen LogP contribution in [0.15, 0.2) is 51.7 Å². The number of aryl methyl sites for hydroxylation is 1. The van der Waals surface area contributed by atoms with Crippen LogP contribution < -0.4 is 15.7 Å². The second-order valence-corrected chi connectivity index (χ2v) is 7.91. The molecule has 2 aromatic carbocycles. The Morgan fingerprint density at radius 2 is 1.94 bits per heavy atom. The molecule has 0 spiro atoms. The molecule has 0 bridgehead atoms. The van der Waals surface area contributed by atoms with Gasteiger partial charge in [-0.15, -0.1) is 0 Å². The third-order valence-corrected chi connectivity index (χ3v) is 5.29. The number of rotatable bonds is 5. The van der Waals surface area contributed by atoms with E-state index in [2.05, 4.69) is 19.2 Å². The molecule has 0 saturated carbocycles. The van der Waals surface area contributed by atoms with Crippen LogP contribution in [0.4, 0.5) is 5.69 Å². The van der Waals surface area contributed by atoms with Crippen molar-refractivity contribution >= 4 is 28.5 Å². The van der Waals surface area contributed by atoms with Crippen molar-refractivity contribution in [2.45, 2.75) is 45.8 Å². The van der Waals surface area contributed by atoms with Gasteiger partial charge in [0, 0.05) is 17.0 Å². The average Bonchev–Trinajstić information content (AvgIpc) is 2.71. The van der Waals surface area contributed by atoms with Crippen LogP contribution in [0.3, 0.4) is 0 Å². The van der Waals surface area contributed by atoms with E-state index < -0.39 is 23.6 Å². The van der Waals surface area contributed by atoms with Gasteiger partial charge in [0.2, 0.25) is 0 Å². The first-order chi connectivity index (χ1) is 14.8. The number of nitrogens with one attached hydrogen (secondary N) is 1. The van der Waals surface area contributed by atoms with Gasteiger partial charge >= 0.3 is 11.6 Å². The van der Waals surface area contributed by atoms with Crippen molar-refractivity contribution in [3.8, 4) is 5.75 Å². The minimum atomic E-state index is -0.977. The lowest BCUT2D eigenvalue weighted by atomic mass is 9.95. The van der Waals surface area contributed by atoms with Crippen LogP contribution in [-0.2, 0) is 20.9 Å². The Kier molecular flexibility index (Phi) is 5.50.